The maximum Gasteiger partial charge on any atom is 0.300 e. The molecule has 1 atom stereocenters. The van der Waals surface area contributed by atoms with Crippen LogP contribution < -0.4 is 15.8 Å². The molecule has 0 aliphatic heterocycles. The van der Waals surface area contributed by atoms with Crippen LogP contribution in [0.1, 0.15) is 52.6 Å². The quantitative estimate of drug-likeness (QED) is 0.127. The van der Waals surface area contributed by atoms with Gasteiger partial charge in [0.05, 0.1) is 6.04 Å². The number of nitrogens with one attached hydrogen (secondary N) is 2. The summed E-state index contributed by atoms with van der Waals surface area (Å²) in [5.41, 5.74) is 10.9. The second kappa shape index (κ2) is 13.8. The van der Waals surface area contributed by atoms with E-state index in [0.717, 1.165) is 40.3 Å². The van der Waals surface area contributed by atoms with Crippen LogP contribution in [-0.4, -0.2) is 27.4 Å². The Labute approximate surface area is 244 Å². The molecule has 4 aromatic carbocycles. The highest BCUT2D eigenvalue weighted by atomic mass is 16.5. The minimum absolute atomic E-state index is 0.0130. The Bertz CT molecular complexity index is 1680. The van der Waals surface area contributed by atoms with E-state index in [-0.39, 0.29) is 17.8 Å². The number of amides is 1. The van der Waals surface area contributed by atoms with Crippen molar-refractivity contribution in [2.24, 2.45) is 5.73 Å². The first-order valence-corrected chi connectivity index (χ1v) is 13.5. The van der Waals surface area contributed by atoms with Crippen LogP contribution in [0.3, 0.4) is 0 Å². The predicted molar refractivity (Wildman–Crippen MR) is 165 cm³/mol. The lowest BCUT2D eigenvalue weighted by Crippen LogP contribution is -2.28. The molecular weight excluding hydrogens is 528 g/mol. The number of fused-ring (bicyclic) bond motifs is 1. The monoisotopic (exact) mass is 562 g/mol. The van der Waals surface area contributed by atoms with E-state index >= 15 is 0 Å². The van der Waals surface area contributed by atoms with Crippen LogP contribution in [0.5, 0.6) is 5.75 Å². The summed E-state index contributed by atoms with van der Waals surface area (Å²) < 4.78 is 8.05. The van der Waals surface area contributed by atoms with Gasteiger partial charge in [-0.2, -0.15) is 0 Å². The van der Waals surface area contributed by atoms with Crippen molar-refractivity contribution in [3.05, 3.63) is 137 Å². The standard InChI is InChI=1S/C32H30N4O2.C2H4O2/c1-22(25-12-6-3-7-13-25)35-32(37)30-19-27-18-28(38-21-23-9-4-2-5-10-23)15-16-29(27)36(30)20-24-11-8-14-26(17-24)31(33)34;1-2(3)4/h2-19,22H,20-21H2,1H3,(H3,33,34)(H,35,37);1H3,(H,3,4)/t22-;/m1./s1. The molecule has 5 aromatic rings. The molecule has 0 saturated heterocycles. The van der Waals surface area contributed by atoms with E-state index in [9.17, 15) is 4.79 Å². The Morgan fingerprint density at radius 3 is 2.21 bits per heavy atom. The molecule has 0 fully saturated rings. The van der Waals surface area contributed by atoms with Gasteiger partial charge < -0.3 is 25.5 Å². The SMILES string of the molecule is CC(=O)O.C[C@@H](NC(=O)c1cc2cc(OCc3ccccc3)ccc2n1Cc1cccc(C(=N)N)c1)c1ccccc1. The maximum absolute atomic E-state index is 13.6. The Kier molecular flexibility index (Phi) is 9.73. The summed E-state index contributed by atoms with van der Waals surface area (Å²) in [7, 11) is 0. The molecule has 42 heavy (non-hydrogen) atoms. The smallest absolute Gasteiger partial charge is 0.300 e. The van der Waals surface area contributed by atoms with E-state index in [1.807, 2.05) is 121 Å². The zero-order valence-corrected chi connectivity index (χ0v) is 23.6. The van der Waals surface area contributed by atoms with Crippen LogP contribution in [-0.2, 0) is 17.9 Å². The van der Waals surface area contributed by atoms with Gasteiger partial charge in [-0.1, -0.05) is 78.9 Å². The van der Waals surface area contributed by atoms with Crippen LogP contribution in [0.4, 0.5) is 0 Å². The summed E-state index contributed by atoms with van der Waals surface area (Å²) in [6.07, 6.45) is 0. The summed E-state index contributed by atoms with van der Waals surface area (Å²) in [6, 6.07) is 35.1. The van der Waals surface area contributed by atoms with Crippen molar-refractivity contribution in [2.75, 3.05) is 0 Å². The number of aromatic nitrogens is 1. The van der Waals surface area contributed by atoms with Crippen molar-refractivity contribution >= 4 is 28.6 Å². The second-order valence-corrected chi connectivity index (χ2v) is 9.85. The number of carbonyl (C=O) groups is 2. The number of ether oxygens (including phenoxy) is 1. The van der Waals surface area contributed by atoms with Crippen LogP contribution in [0, 0.1) is 5.41 Å². The molecule has 0 aliphatic carbocycles. The highest BCUT2D eigenvalue weighted by Crippen LogP contribution is 2.27. The Morgan fingerprint density at radius 1 is 0.905 bits per heavy atom. The number of carboxylic acids is 1. The van der Waals surface area contributed by atoms with Gasteiger partial charge in [0.1, 0.15) is 23.9 Å². The molecule has 5 N–H and O–H groups in total. The van der Waals surface area contributed by atoms with Crippen LogP contribution in [0.15, 0.2) is 109 Å². The molecule has 5 rings (SSSR count). The van der Waals surface area contributed by atoms with E-state index in [1.54, 1.807) is 0 Å². The molecule has 1 aromatic heterocycles. The number of benzene rings is 4. The van der Waals surface area contributed by atoms with Crippen molar-refractivity contribution in [3.63, 3.8) is 0 Å². The van der Waals surface area contributed by atoms with Gasteiger partial charge in [0.15, 0.2) is 0 Å². The van der Waals surface area contributed by atoms with Gasteiger partial charge in [-0.25, -0.2) is 0 Å². The van der Waals surface area contributed by atoms with E-state index in [0.29, 0.717) is 24.4 Å². The Hall–Kier alpha value is -5.37. The fourth-order valence-corrected chi connectivity index (χ4v) is 4.55. The number of rotatable bonds is 9. The van der Waals surface area contributed by atoms with Crippen molar-refractivity contribution in [1.82, 2.24) is 9.88 Å². The van der Waals surface area contributed by atoms with Gasteiger partial charge in [0.2, 0.25) is 0 Å². The van der Waals surface area contributed by atoms with Crippen molar-refractivity contribution < 1.29 is 19.4 Å². The first-order chi connectivity index (χ1) is 20.2. The van der Waals surface area contributed by atoms with Gasteiger partial charge in [-0.3, -0.25) is 15.0 Å². The predicted octanol–water partition coefficient (Wildman–Crippen LogP) is 6.13. The zero-order valence-electron chi connectivity index (χ0n) is 23.6. The number of aliphatic carboxylic acids is 1. The number of hydrogen-bond acceptors (Lipinski definition) is 4. The second-order valence-electron chi connectivity index (χ2n) is 9.85. The fraction of sp³-hybridized carbons (Fsp3) is 0.147. The summed E-state index contributed by atoms with van der Waals surface area (Å²) in [5.74, 6) is -0.243. The van der Waals surface area contributed by atoms with E-state index in [2.05, 4.69) is 5.32 Å². The molecular formula is C34H34N4O4. The Morgan fingerprint density at radius 2 is 1.55 bits per heavy atom. The molecule has 0 radical (unpaired) electrons. The molecule has 0 saturated carbocycles. The van der Waals surface area contributed by atoms with Gasteiger partial charge in [0.25, 0.3) is 11.9 Å². The van der Waals surface area contributed by atoms with Gasteiger partial charge in [-0.15, -0.1) is 0 Å². The molecule has 1 amide bonds. The number of nitrogens with two attached hydrogens (primary N) is 1. The minimum atomic E-state index is -0.833. The molecule has 8 nitrogen and oxygen atoms in total. The molecule has 214 valence electrons. The van der Waals surface area contributed by atoms with E-state index < -0.39 is 5.97 Å². The molecule has 1 heterocycles. The van der Waals surface area contributed by atoms with E-state index in [4.69, 9.17) is 25.8 Å². The first-order valence-electron chi connectivity index (χ1n) is 13.5. The summed E-state index contributed by atoms with van der Waals surface area (Å²) in [5, 5.41) is 19.3. The van der Waals surface area contributed by atoms with Gasteiger partial charge >= 0.3 is 0 Å². The average molecular weight is 563 g/mol. The lowest BCUT2D eigenvalue weighted by atomic mass is 10.1. The van der Waals surface area contributed by atoms with Gasteiger partial charge in [-0.05, 0) is 53.9 Å². The van der Waals surface area contributed by atoms with Crippen molar-refractivity contribution in [2.45, 2.75) is 33.0 Å². The zero-order chi connectivity index (χ0) is 30.1. The van der Waals surface area contributed by atoms with Crippen LogP contribution in [0.2, 0.25) is 0 Å². The molecule has 0 bridgehead atoms. The molecule has 0 spiro atoms. The largest absolute Gasteiger partial charge is 0.489 e. The average Bonchev–Trinajstić information content (AvgIpc) is 3.34. The maximum atomic E-state index is 13.6. The van der Waals surface area contributed by atoms with E-state index in [1.165, 1.54) is 0 Å². The third-order valence-corrected chi connectivity index (χ3v) is 6.58. The summed E-state index contributed by atoms with van der Waals surface area (Å²) in [6.45, 7) is 3.98. The number of hydrogen-bond donors (Lipinski definition) is 4. The fourth-order valence-electron chi connectivity index (χ4n) is 4.55. The Balaban J connectivity index is 0.000000952. The lowest BCUT2D eigenvalue weighted by Gasteiger charge is -2.16. The first kappa shape index (κ1) is 29.6. The third-order valence-electron chi connectivity index (χ3n) is 6.58. The number of nitrogens with zero attached hydrogens (tertiary/aromatic N) is 1. The highest BCUT2D eigenvalue weighted by molar-refractivity contribution is 5.99. The van der Waals surface area contributed by atoms with Crippen LogP contribution >= 0.6 is 0 Å². The lowest BCUT2D eigenvalue weighted by molar-refractivity contribution is -0.134. The summed E-state index contributed by atoms with van der Waals surface area (Å²) >= 11 is 0. The number of carbonyl (C=O) groups excluding carboxylic acids is 1. The number of carboxylic acid groups (broad SMARTS) is 1. The number of nitrogen functional groups attached to an aromatic ring is 1. The van der Waals surface area contributed by atoms with Gasteiger partial charge in [0, 0.05) is 29.9 Å². The normalized spacial score (nSPS) is 11.2. The minimum Gasteiger partial charge on any atom is -0.489 e. The third kappa shape index (κ3) is 7.85. The number of amidine groups is 1. The highest BCUT2D eigenvalue weighted by Gasteiger charge is 2.19. The molecule has 8 heteroatoms. The topological polar surface area (TPSA) is 130 Å². The molecule has 0 unspecified atom stereocenters. The molecule has 0 aliphatic rings. The van der Waals surface area contributed by atoms with Crippen LogP contribution in [0.25, 0.3) is 10.9 Å². The van der Waals surface area contributed by atoms with Crippen molar-refractivity contribution in [1.29, 1.82) is 5.41 Å². The summed E-state index contributed by atoms with van der Waals surface area (Å²) in [4.78, 5) is 22.6. The van der Waals surface area contributed by atoms with Crippen molar-refractivity contribution in [3.8, 4) is 5.75 Å².